The summed E-state index contributed by atoms with van der Waals surface area (Å²) in [5.74, 6) is 0.0562. The molecular weight excluding hydrogens is 338 g/mol. The fourth-order valence-corrected chi connectivity index (χ4v) is 3.79. The summed E-state index contributed by atoms with van der Waals surface area (Å²) in [6.07, 6.45) is 3.35. The number of hydrogen-bond donors (Lipinski definition) is 0. The Labute approximate surface area is 161 Å². The van der Waals surface area contributed by atoms with Gasteiger partial charge in [0.15, 0.2) is 0 Å². The maximum atomic E-state index is 13.2. The standard InChI is InChI=1S/C22H29N3O2/c1-4-12-24(20(26)5-2)16-21(27)25-15-14-23-13-6-7-19(23)22(25)18-10-8-17(3)9-11-18/h6-11,13,22H,4-5,12,14-16H2,1-3H3/t22-/m0/s1. The number of aromatic nitrogens is 1. The van der Waals surface area contributed by atoms with Crippen LogP contribution in [0.3, 0.4) is 0 Å². The molecule has 2 heterocycles. The van der Waals surface area contributed by atoms with E-state index in [4.69, 9.17) is 0 Å². The van der Waals surface area contributed by atoms with E-state index in [2.05, 4.69) is 48.0 Å². The van der Waals surface area contributed by atoms with Crippen LogP contribution in [0.15, 0.2) is 42.6 Å². The quantitative estimate of drug-likeness (QED) is 0.786. The first-order chi connectivity index (χ1) is 13.0. The maximum Gasteiger partial charge on any atom is 0.243 e. The zero-order chi connectivity index (χ0) is 19.4. The zero-order valence-electron chi connectivity index (χ0n) is 16.5. The fraction of sp³-hybridized carbons (Fsp3) is 0.455. The molecule has 1 aromatic carbocycles. The van der Waals surface area contributed by atoms with Crippen molar-refractivity contribution >= 4 is 11.8 Å². The van der Waals surface area contributed by atoms with Crippen molar-refractivity contribution in [1.29, 1.82) is 0 Å². The molecule has 0 N–H and O–H groups in total. The third-order valence-electron chi connectivity index (χ3n) is 5.23. The van der Waals surface area contributed by atoms with Crippen molar-refractivity contribution in [3.8, 4) is 0 Å². The van der Waals surface area contributed by atoms with E-state index in [1.54, 1.807) is 4.90 Å². The van der Waals surface area contributed by atoms with Crippen molar-refractivity contribution in [2.75, 3.05) is 19.6 Å². The van der Waals surface area contributed by atoms with Gasteiger partial charge in [-0.3, -0.25) is 9.59 Å². The summed E-state index contributed by atoms with van der Waals surface area (Å²) in [6.45, 7) is 8.16. The second-order valence-electron chi connectivity index (χ2n) is 7.20. The summed E-state index contributed by atoms with van der Waals surface area (Å²) in [6, 6.07) is 12.4. The normalized spacial score (nSPS) is 16.1. The molecule has 1 aliphatic rings. The molecule has 5 heteroatoms. The van der Waals surface area contributed by atoms with Crippen molar-refractivity contribution in [2.24, 2.45) is 0 Å². The highest BCUT2D eigenvalue weighted by Crippen LogP contribution is 2.32. The van der Waals surface area contributed by atoms with E-state index < -0.39 is 0 Å². The van der Waals surface area contributed by atoms with Crippen molar-refractivity contribution < 1.29 is 9.59 Å². The first-order valence-electron chi connectivity index (χ1n) is 9.84. The van der Waals surface area contributed by atoms with E-state index in [0.29, 0.717) is 19.5 Å². The summed E-state index contributed by atoms with van der Waals surface area (Å²) in [5, 5.41) is 0. The van der Waals surface area contributed by atoms with Gasteiger partial charge < -0.3 is 14.4 Å². The minimum absolute atomic E-state index is 0.0169. The molecule has 0 saturated heterocycles. The lowest BCUT2D eigenvalue weighted by Crippen LogP contribution is -2.48. The number of fused-ring (bicyclic) bond motifs is 1. The highest BCUT2D eigenvalue weighted by molar-refractivity contribution is 5.85. The molecule has 1 aromatic heterocycles. The summed E-state index contributed by atoms with van der Waals surface area (Å²) < 4.78 is 2.22. The molecule has 0 unspecified atom stereocenters. The Morgan fingerprint density at radius 3 is 2.52 bits per heavy atom. The summed E-state index contributed by atoms with van der Waals surface area (Å²) in [5.41, 5.74) is 3.44. The average molecular weight is 367 g/mol. The van der Waals surface area contributed by atoms with Crippen LogP contribution in [0.2, 0.25) is 0 Å². The van der Waals surface area contributed by atoms with Gasteiger partial charge in [0, 0.05) is 37.9 Å². The molecule has 5 nitrogen and oxygen atoms in total. The Morgan fingerprint density at radius 2 is 1.85 bits per heavy atom. The monoisotopic (exact) mass is 367 g/mol. The Bertz CT molecular complexity index is 794. The SMILES string of the molecule is CCCN(CC(=O)N1CCn2cccc2[C@@H]1c1ccc(C)cc1)C(=O)CC. The number of carbonyl (C=O) groups is 2. The Morgan fingerprint density at radius 1 is 1.11 bits per heavy atom. The molecule has 2 aromatic rings. The van der Waals surface area contributed by atoms with Gasteiger partial charge in [-0.05, 0) is 31.0 Å². The molecule has 0 saturated carbocycles. The number of carbonyl (C=O) groups excluding carboxylic acids is 2. The number of rotatable bonds is 6. The highest BCUT2D eigenvalue weighted by atomic mass is 16.2. The summed E-state index contributed by atoms with van der Waals surface area (Å²) in [7, 11) is 0. The largest absolute Gasteiger partial charge is 0.348 e. The lowest BCUT2D eigenvalue weighted by Gasteiger charge is -2.38. The zero-order valence-corrected chi connectivity index (χ0v) is 16.5. The molecule has 1 aliphatic heterocycles. The van der Waals surface area contributed by atoms with Gasteiger partial charge in [-0.15, -0.1) is 0 Å². The fourth-order valence-electron chi connectivity index (χ4n) is 3.79. The number of benzene rings is 1. The minimum Gasteiger partial charge on any atom is -0.348 e. The van der Waals surface area contributed by atoms with Crippen LogP contribution >= 0.6 is 0 Å². The number of amides is 2. The summed E-state index contributed by atoms with van der Waals surface area (Å²) in [4.78, 5) is 29.1. The molecule has 1 atom stereocenters. The van der Waals surface area contributed by atoms with E-state index >= 15 is 0 Å². The second kappa shape index (κ2) is 8.42. The van der Waals surface area contributed by atoms with Crippen LogP contribution < -0.4 is 0 Å². The van der Waals surface area contributed by atoms with Gasteiger partial charge >= 0.3 is 0 Å². The molecule has 2 amide bonds. The summed E-state index contributed by atoms with van der Waals surface area (Å²) >= 11 is 0. The third-order valence-corrected chi connectivity index (χ3v) is 5.23. The molecule has 0 spiro atoms. The van der Waals surface area contributed by atoms with Gasteiger partial charge in [-0.25, -0.2) is 0 Å². The Hall–Kier alpha value is -2.56. The predicted octanol–water partition coefficient (Wildman–Crippen LogP) is 3.38. The van der Waals surface area contributed by atoms with E-state index in [-0.39, 0.29) is 24.4 Å². The first-order valence-corrected chi connectivity index (χ1v) is 9.84. The van der Waals surface area contributed by atoms with E-state index in [1.807, 2.05) is 24.8 Å². The van der Waals surface area contributed by atoms with Crippen LogP contribution in [0, 0.1) is 6.92 Å². The van der Waals surface area contributed by atoms with Gasteiger partial charge in [0.25, 0.3) is 0 Å². The van der Waals surface area contributed by atoms with Crippen molar-refractivity contribution in [2.45, 2.75) is 46.2 Å². The van der Waals surface area contributed by atoms with Crippen LogP contribution in [0.25, 0.3) is 0 Å². The molecule has 144 valence electrons. The lowest BCUT2D eigenvalue weighted by molar-refractivity contribution is -0.142. The molecule has 27 heavy (non-hydrogen) atoms. The molecular formula is C22H29N3O2. The van der Waals surface area contributed by atoms with E-state index in [1.165, 1.54) is 5.56 Å². The highest BCUT2D eigenvalue weighted by Gasteiger charge is 2.33. The molecule has 0 aliphatic carbocycles. The smallest absolute Gasteiger partial charge is 0.243 e. The molecule has 0 fully saturated rings. The molecule has 0 bridgehead atoms. The van der Waals surface area contributed by atoms with E-state index in [9.17, 15) is 9.59 Å². The van der Waals surface area contributed by atoms with Crippen molar-refractivity contribution in [3.63, 3.8) is 0 Å². The van der Waals surface area contributed by atoms with Crippen molar-refractivity contribution in [3.05, 3.63) is 59.4 Å². The van der Waals surface area contributed by atoms with Crippen LogP contribution in [0.5, 0.6) is 0 Å². The van der Waals surface area contributed by atoms with Crippen molar-refractivity contribution in [1.82, 2.24) is 14.4 Å². The third kappa shape index (κ3) is 4.07. The average Bonchev–Trinajstić information content (AvgIpc) is 3.15. The van der Waals surface area contributed by atoms with Gasteiger partial charge in [0.1, 0.15) is 0 Å². The Kier molecular flexibility index (Phi) is 5.99. The molecule has 0 radical (unpaired) electrons. The Balaban J connectivity index is 1.89. The maximum absolute atomic E-state index is 13.2. The van der Waals surface area contributed by atoms with Gasteiger partial charge in [-0.1, -0.05) is 43.7 Å². The van der Waals surface area contributed by atoms with Gasteiger partial charge in [-0.2, -0.15) is 0 Å². The van der Waals surface area contributed by atoms with Crippen LogP contribution in [-0.4, -0.2) is 45.8 Å². The van der Waals surface area contributed by atoms with E-state index in [0.717, 1.165) is 24.2 Å². The van der Waals surface area contributed by atoms with Crippen LogP contribution in [0.1, 0.15) is 49.6 Å². The number of aryl methyl sites for hydroxylation is 1. The van der Waals surface area contributed by atoms with Gasteiger partial charge in [0.05, 0.1) is 12.6 Å². The number of hydrogen-bond acceptors (Lipinski definition) is 2. The van der Waals surface area contributed by atoms with Crippen LogP contribution in [0.4, 0.5) is 0 Å². The van der Waals surface area contributed by atoms with Gasteiger partial charge in [0.2, 0.25) is 11.8 Å². The minimum atomic E-state index is -0.109. The molecule has 3 rings (SSSR count). The number of nitrogens with zero attached hydrogens (tertiary/aromatic N) is 3. The lowest BCUT2D eigenvalue weighted by atomic mass is 9.98. The second-order valence-corrected chi connectivity index (χ2v) is 7.20. The first kappa shape index (κ1) is 19.2. The van der Waals surface area contributed by atoms with Crippen LogP contribution in [-0.2, 0) is 16.1 Å². The predicted molar refractivity (Wildman–Crippen MR) is 106 cm³/mol. The topological polar surface area (TPSA) is 45.6 Å².